The van der Waals surface area contributed by atoms with E-state index in [1.807, 2.05) is 0 Å². The second kappa shape index (κ2) is 6.99. The van der Waals surface area contributed by atoms with Crippen molar-refractivity contribution in [3.63, 3.8) is 0 Å². The first-order valence-electron chi connectivity index (χ1n) is 6.53. The maximum Gasteiger partial charge on any atom is 0.237 e. The van der Waals surface area contributed by atoms with Crippen molar-refractivity contribution in [1.29, 1.82) is 0 Å². The van der Waals surface area contributed by atoms with Gasteiger partial charge in [-0.15, -0.1) is 0 Å². The zero-order valence-electron chi connectivity index (χ0n) is 11.5. The normalized spacial score (nSPS) is 12.1. The van der Waals surface area contributed by atoms with Crippen LogP contribution in [0, 0.1) is 11.6 Å². The smallest absolute Gasteiger partial charge is 0.237 e. The highest BCUT2D eigenvalue weighted by Crippen LogP contribution is 2.09. The third-order valence-corrected chi connectivity index (χ3v) is 3.02. The van der Waals surface area contributed by atoms with Crippen LogP contribution in [-0.4, -0.2) is 11.9 Å². The van der Waals surface area contributed by atoms with E-state index in [1.54, 1.807) is 19.1 Å². The summed E-state index contributed by atoms with van der Waals surface area (Å²) in [5.41, 5.74) is 0.307. The second-order valence-electron chi connectivity index (χ2n) is 4.64. The summed E-state index contributed by atoms with van der Waals surface area (Å²) in [4.78, 5) is 11.8. The predicted octanol–water partition coefficient (Wildman–Crippen LogP) is 2.35. The highest BCUT2D eigenvalue weighted by Gasteiger charge is 2.13. The zero-order chi connectivity index (χ0) is 15.2. The second-order valence-corrected chi connectivity index (χ2v) is 4.64. The minimum Gasteiger partial charge on any atom is -0.467 e. The number of amides is 1. The molecule has 1 atom stereocenters. The van der Waals surface area contributed by atoms with E-state index in [4.69, 9.17) is 4.42 Å². The summed E-state index contributed by atoms with van der Waals surface area (Å²) >= 11 is 0. The van der Waals surface area contributed by atoms with Gasteiger partial charge in [0.05, 0.1) is 18.8 Å². The Kier molecular flexibility index (Phi) is 5.05. The maximum absolute atomic E-state index is 13.4. The van der Waals surface area contributed by atoms with Crippen LogP contribution in [0.3, 0.4) is 0 Å². The van der Waals surface area contributed by atoms with Crippen molar-refractivity contribution in [2.24, 2.45) is 0 Å². The Hall–Kier alpha value is -2.21. The van der Waals surface area contributed by atoms with Gasteiger partial charge in [-0.1, -0.05) is 6.07 Å². The number of rotatable bonds is 6. The number of halogens is 2. The largest absolute Gasteiger partial charge is 0.467 e. The fourth-order valence-corrected chi connectivity index (χ4v) is 1.76. The first kappa shape index (κ1) is 15.2. The molecule has 0 aliphatic rings. The number of benzene rings is 1. The number of carbonyl (C=O) groups excluding carboxylic acids is 1. The molecule has 0 aliphatic heterocycles. The lowest BCUT2D eigenvalue weighted by Gasteiger charge is -2.14. The van der Waals surface area contributed by atoms with Crippen molar-refractivity contribution in [2.75, 3.05) is 0 Å². The van der Waals surface area contributed by atoms with Crippen molar-refractivity contribution in [2.45, 2.75) is 26.1 Å². The molecule has 0 radical (unpaired) electrons. The molecule has 4 nitrogen and oxygen atoms in total. The number of hydrogen-bond acceptors (Lipinski definition) is 3. The first-order chi connectivity index (χ1) is 10.1. The van der Waals surface area contributed by atoms with Crippen LogP contribution in [0.2, 0.25) is 0 Å². The highest BCUT2D eigenvalue weighted by molar-refractivity contribution is 5.81. The van der Waals surface area contributed by atoms with Gasteiger partial charge >= 0.3 is 0 Å². The van der Waals surface area contributed by atoms with Gasteiger partial charge in [0, 0.05) is 18.2 Å². The van der Waals surface area contributed by atoms with Gasteiger partial charge in [0.1, 0.15) is 17.4 Å². The lowest BCUT2D eigenvalue weighted by atomic mass is 10.2. The van der Waals surface area contributed by atoms with Gasteiger partial charge in [-0.3, -0.25) is 4.79 Å². The molecule has 1 unspecified atom stereocenters. The van der Waals surface area contributed by atoms with Crippen molar-refractivity contribution in [3.8, 4) is 0 Å². The van der Waals surface area contributed by atoms with Gasteiger partial charge in [0.2, 0.25) is 5.91 Å². The minimum absolute atomic E-state index is 0.140. The molecule has 1 aromatic heterocycles. The van der Waals surface area contributed by atoms with Crippen LogP contribution in [-0.2, 0) is 17.9 Å². The maximum atomic E-state index is 13.4. The fraction of sp³-hybridized carbons (Fsp3) is 0.267. The number of furan rings is 1. The van der Waals surface area contributed by atoms with Gasteiger partial charge in [0.15, 0.2) is 0 Å². The summed E-state index contributed by atoms with van der Waals surface area (Å²) in [6.45, 7) is 2.10. The Bertz CT molecular complexity index is 600. The summed E-state index contributed by atoms with van der Waals surface area (Å²) < 4.78 is 31.3. The van der Waals surface area contributed by atoms with Crippen LogP contribution in [0.4, 0.5) is 8.78 Å². The molecule has 1 aromatic carbocycles. The molecule has 0 bridgehead atoms. The van der Waals surface area contributed by atoms with Gasteiger partial charge in [-0.25, -0.2) is 8.78 Å². The van der Waals surface area contributed by atoms with Crippen molar-refractivity contribution >= 4 is 5.91 Å². The highest BCUT2D eigenvalue weighted by atomic mass is 19.1. The third kappa shape index (κ3) is 4.39. The summed E-state index contributed by atoms with van der Waals surface area (Å²) in [6, 6.07) is 6.34. The fourth-order valence-electron chi connectivity index (χ4n) is 1.76. The molecule has 2 rings (SSSR count). The Morgan fingerprint density at radius 1 is 1.29 bits per heavy atom. The zero-order valence-corrected chi connectivity index (χ0v) is 11.5. The van der Waals surface area contributed by atoms with E-state index in [9.17, 15) is 13.6 Å². The van der Waals surface area contributed by atoms with E-state index in [0.717, 1.165) is 6.07 Å². The average molecular weight is 294 g/mol. The summed E-state index contributed by atoms with van der Waals surface area (Å²) in [7, 11) is 0. The van der Waals surface area contributed by atoms with Gasteiger partial charge < -0.3 is 15.1 Å². The molecule has 1 heterocycles. The van der Waals surface area contributed by atoms with Crippen LogP contribution in [0.5, 0.6) is 0 Å². The van der Waals surface area contributed by atoms with Crippen LogP contribution < -0.4 is 10.6 Å². The molecule has 2 aromatic rings. The predicted molar refractivity (Wildman–Crippen MR) is 73.2 cm³/mol. The minimum atomic E-state index is -0.634. The van der Waals surface area contributed by atoms with Crippen molar-refractivity contribution in [3.05, 3.63) is 59.6 Å². The van der Waals surface area contributed by atoms with Crippen LogP contribution in [0.25, 0.3) is 0 Å². The number of nitrogens with one attached hydrogen (secondary N) is 2. The monoisotopic (exact) mass is 294 g/mol. The third-order valence-electron chi connectivity index (χ3n) is 3.02. The lowest BCUT2D eigenvalue weighted by Crippen LogP contribution is -2.41. The molecular formula is C15H16F2N2O2. The molecule has 1 amide bonds. The van der Waals surface area contributed by atoms with Crippen LogP contribution in [0.1, 0.15) is 18.2 Å². The quantitative estimate of drug-likeness (QED) is 0.860. The molecule has 0 fully saturated rings. The van der Waals surface area contributed by atoms with Gasteiger partial charge in [-0.2, -0.15) is 0 Å². The van der Waals surface area contributed by atoms with E-state index in [1.165, 1.54) is 18.4 Å². The Balaban J connectivity index is 1.80. The Morgan fingerprint density at radius 2 is 2.10 bits per heavy atom. The summed E-state index contributed by atoms with van der Waals surface area (Å²) in [5, 5.41) is 5.58. The Labute approximate surface area is 121 Å². The summed E-state index contributed by atoms with van der Waals surface area (Å²) in [6.07, 6.45) is 1.53. The molecule has 21 heavy (non-hydrogen) atoms. The molecule has 6 heteroatoms. The molecule has 0 aliphatic carbocycles. The SMILES string of the molecule is CC(NCc1ccc(F)cc1F)C(=O)NCc1ccco1. The molecular weight excluding hydrogens is 278 g/mol. The van der Waals surface area contributed by atoms with E-state index < -0.39 is 17.7 Å². The number of carbonyl (C=O) groups is 1. The van der Waals surface area contributed by atoms with Gasteiger partial charge in [0.25, 0.3) is 0 Å². The topological polar surface area (TPSA) is 54.3 Å². The van der Waals surface area contributed by atoms with Crippen molar-refractivity contribution < 1.29 is 18.0 Å². The van der Waals surface area contributed by atoms with Crippen LogP contribution >= 0.6 is 0 Å². The summed E-state index contributed by atoms with van der Waals surface area (Å²) in [5.74, 6) is -0.833. The molecule has 0 saturated heterocycles. The standard InChI is InChI=1S/C15H16F2N2O2/c1-10(15(20)19-9-13-3-2-6-21-13)18-8-11-4-5-12(16)7-14(11)17/h2-7,10,18H,8-9H2,1H3,(H,19,20). The molecule has 0 saturated carbocycles. The van der Waals surface area contributed by atoms with Crippen LogP contribution in [0.15, 0.2) is 41.0 Å². The molecule has 112 valence electrons. The van der Waals surface area contributed by atoms with E-state index in [2.05, 4.69) is 10.6 Å². The van der Waals surface area contributed by atoms with Gasteiger partial charge in [-0.05, 0) is 25.1 Å². The van der Waals surface area contributed by atoms with E-state index in [0.29, 0.717) is 17.9 Å². The van der Waals surface area contributed by atoms with Crippen molar-refractivity contribution in [1.82, 2.24) is 10.6 Å². The van der Waals surface area contributed by atoms with E-state index in [-0.39, 0.29) is 12.5 Å². The van der Waals surface area contributed by atoms with E-state index >= 15 is 0 Å². The molecule has 0 spiro atoms. The number of hydrogen-bond donors (Lipinski definition) is 2. The molecule has 2 N–H and O–H groups in total. The Morgan fingerprint density at radius 3 is 2.76 bits per heavy atom. The average Bonchev–Trinajstić information content (AvgIpc) is 2.96. The lowest BCUT2D eigenvalue weighted by molar-refractivity contribution is -0.123. The first-order valence-corrected chi connectivity index (χ1v) is 6.53.